The van der Waals surface area contributed by atoms with Gasteiger partial charge in [-0.3, -0.25) is 0 Å². The zero-order valence-electron chi connectivity index (χ0n) is 11.1. The highest BCUT2D eigenvalue weighted by Crippen LogP contribution is 2.22. The van der Waals surface area contributed by atoms with Crippen LogP contribution in [0.4, 0.5) is 0 Å². The topological polar surface area (TPSA) is 55.7 Å². The van der Waals surface area contributed by atoms with Gasteiger partial charge in [-0.1, -0.05) is 12.1 Å². The van der Waals surface area contributed by atoms with Gasteiger partial charge in [-0.25, -0.2) is 0 Å². The number of β-amino-alcohol motifs (C(OH)–C–C–N with tert-alkyl or cyclic N) is 1. The molecular weight excluding hydrogens is 228 g/mol. The smallest absolute Gasteiger partial charge is 0.115 e. The number of aromatic hydroxyl groups is 1. The van der Waals surface area contributed by atoms with Gasteiger partial charge in [0.25, 0.3) is 0 Å². The summed E-state index contributed by atoms with van der Waals surface area (Å²) in [5.41, 5.74) is 0.407. The minimum Gasteiger partial charge on any atom is -0.508 e. The molecule has 4 nitrogen and oxygen atoms in total. The number of likely N-dealkylation sites (N-methyl/N-ethyl adjacent to an activating group) is 1. The lowest BCUT2D eigenvalue weighted by Gasteiger charge is -2.25. The average Bonchev–Trinajstić information content (AvgIpc) is 2.67. The van der Waals surface area contributed by atoms with Gasteiger partial charge >= 0.3 is 0 Å². The van der Waals surface area contributed by atoms with Crippen LogP contribution in [0.25, 0.3) is 0 Å². The van der Waals surface area contributed by atoms with Crippen LogP contribution in [0, 0.1) is 0 Å². The Bertz CT molecular complexity index is 411. The molecule has 0 saturated carbocycles. The molecule has 3 N–H and O–H groups in total. The van der Waals surface area contributed by atoms with Crippen molar-refractivity contribution in [1.29, 1.82) is 0 Å². The fourth-order valence-electron chi connectivity index (χ4n) is 2.46. The van der Waals surface area contributed by atoms with E-state index in [0.29, 0.717) is 13.1 Å². The first-order valence-corrected chi connectivity index (χ1v) is 6.42. The summed E-state index contributed by atoms with van der Waals surface area (Å²) >= 11 is 0. The number of nitrogens with zero attached hydrogens (tertiary/aromatic N) is 1. The lowest BCUT2D eigenvalue weighted by atomic mass is 10.0. The Morgan fingerprint density at radius 3 is 2.89 bits per heavy atom. The van der Waals surface area contributed by atoms with E-state index in [-0.39, 0.29) is 11.8 Å². The zero-order chi connectivity index (χ0) is 13.2. The second-order valence-corrected chi connectivity index (χ2v) is 5.41. The summed E-state index contributed by atoms with van der Waals surface area (Å²) < 4.78 is 0. The Kier molecular flexibility index (Phi) is 3.90. The van der Waals surface area contributed by atoms with Crippen LogP contribution in [0.15, 0.2) is 24.3 Å². The Labute approximate surface area is 108 Å². The van der Waals surface area contributed by atoms with E-state index in [9.17, 15) is 10.2 Å². The molecule has 1 aliphatic heterocycles. The fraction of sp³-hybridized carbons (Fsp3) is 0.571. The molecule has 0 bridgehead atoms. The van der Waals surface area contributed by atoms with Gasteiger partial charge in [0.1, 0.15) is 5.75 Å². The fourth-order valence-corrected chi connectivity index (χ4v) is 2.46. The van der Waals surface area contributed by atoms with E-state index in [0.717, 1.165) is 18.5 Å². The Balaban J connectivity index is 1.90. The van der Waals surface area contributed by atoms with Gasteiger partial charge in [0.2, 0.25) is 0 Å². The van der Waals surface area contributed by atoms with Crippen LogP contribution in [0.2, 0.25) is 0 Å². The number of aliphatic hydroxyl groups is 1. The van der Waals surface area contributed by atoms with E-state index in [1.54, 1.807) is 12.1 Å². The number of phenols is 1. The maximum atomic E-state index is 10.4. The minimum absolute atomic E-state index is 0.118. The van der Waals surface area contributed by atoms with Crippen LogP contribution in [-0.4, -0.2) is 47.4 Å². The Hall–Kier alpha value is -1.10. The lowest BCUT2D eigenvalue weighted by Crippen LogP contribution is -2.43. The largest absolute Gasteiger partial charge is 0.508 e. The van der Waals surface area contributed by atoms with Crippen LogP contribution in [-0.2, 0) is 0 Å². The summed E-state index contributed by atoms with van der Waals surface area (Å²) in [6.45, 7) is 4.27. The highest BCUT2D eigenvalue weighted by atomic mass is 16.3. The first kappa shape index (κ1) is 13.3. The summed E-state index contributed by atoms with van der Waals surface area (Å²) in [5.74, 6) is 0.278. The van der Waals surface area contributed by atoms with Crippen LogP contribution in [0.5, 0.6) is 5.75 Å². The van der Waals surface area contributed by atoms with E-state index < -0.39 is 5.60 Å². The standard InChI is InChI=1S/C14H22N2O2/c1-11(12-4-3-5-13(17)8-12)15-9-14(18)6-7-16(2)10-14/h3-5,8,11,15,17-18H,6-7,9-10H2,1-2H3. The monoisotopic (exact) mass is 250 g/mol. The third-order valence-electron chi connectivity index (χ3n) is 3.63. The number of rotatable bonds is 4. The van der Waals surface area contributed by atoms with Gasteiger partial charge < -0.3 is 20.4 Å². The van der Waals surface area contributed by atoms with Gasteiger partial charge in [-0.2, -0.15) is 0 Å². The van der Waals surface area contributed by atoms with Crippen molar-refractivity contribution < 1.29 is 10.2 Å². The molecule has 4 heteroatoms. The van der Waals surface area contributed by atoms with Gasteiger partial charge in [0.05, 0.1) is 5.60 Å². The van der Waals surface area contributed by atoms with Crippen LogP contribution in [0.1, 0.15) is 24.9 Å². The summed E-state index contributed by atoms with van der Waals surface area (Å²) in [6, 6.07) is 7.34. The van der Waals surface area contributed by atoms with Crippen molar-refractivity contribution in [1.82, 2.24) is 10.2 Å². The normalized spacial score (nSPS) is 26.4. The summed E-state index contributed by atoms with van der Waals surface area (Å²) in [6.07, 6.45) is 0.809. The van der Waals surface area contributed by atoms with E-state index in [1.165, 1.54) is 0 Å². The molecule has 0 radical (unpaired) electrons. The molecule has 1 heterocycles. The van der Waals surface area contributed by atoms with E-state index in [2.05, 4.69) is 10.2 Å². The summed E-state index contributed by atoms with van der Waals surface area (Å²) in [7, 11) is 2.02. The quantitative estimate of drug-likeness (QED) is 0.749. The average molecular weight is 250 g/mol. The van der Waals surface area contributed by atoms with E-state index >= 15 is 0 Å². The van der Waals surface area contributed by atoms with Gasteiger partial charge in [0, 0.05) is 25.7 Å². The van der Waals surface area contributed by atoms with Crippen molar-refractivity contribution in [3.8, 4) is 5.75 Å². The molecule has 1 aliphatic rings. The molecule has 1 saturated heterocycles. The van der Waals surface area contributed by atoms with Gasteiger partial charge in [-0.05, 0) is 38.1 Å². The lowest BCUT2D eigenvalue weighted by molar-refractivity contribution is 0.0494. The molecule has 100 valence electrons. The first-order chi connectivity index (χ1) is 8.48. The highest BCUT2D eigenvalue weighted by Gasteiger charge is 2.34. The Morgan fingerprint density at radius 1 is 1.50 bits per heavy atom. The summed E-state index contributed by atoms with van der Waals surface area (Å²) in [4.78, 5) is 2.14. The van der Waals surface area contributed by atoms with Gasteiger partial charge in [0.15, 0.2) is 0 Å². The molecule has 18 heavy (non-hydrogen) atoms. The van der Waals surface area contributed by atoms with Crippen LogP contribution >= 0.6 is 0 Å². The van der Waals surface area contributed by atoms with Crippen molar-refractivity contribution in [2.45, 2.75) is 25.0 Å². The number of hydrogen-bond donors (Lipinski definition) is 3. The molecule has 0 spiro atoms. The first-order valence-electron chi connectivity index (χ1n) is 6.42. The van der Waals surface area contributed by atoms with E-state index in [1.807, 2.05) is 26.1 Å². The number of nitrogens with one attached hydrogen (secondary N) is 1. The molecule has 1 aromatic carbocycles. The second-order valence-electron chi connectivity index (χ2n) is 5.41. The third-order valence-corrected chi connectivity index (χ3v) is 3.63. The molecule has 2 unspecified atom stereocenters. The molecule has 0 amide bonds. The number of phenolic OH excluding ortho intramolecular Hbond substituents is 1. The van der Waals surface area contributed by atoms with Crippen molar-refractivity contribution in [2.24, 2.45) is 0 Å². The maximum Gasteiger partial charge on any atom is 0.115 e. The van der Waals surface area contributed by atoms with Crippen molar-refractivity contribution in [2.75, 3.05) is 26.7 Å². The molecule has 0 aromatic heterocycles. The SMILES string of the molecule is CC(NCC1(O)CCN(C)C1)c1cccc(O)c1. The van der Waals surface area contributed by atoms with Gasteiger partial charge in [-0.15, -0.1) is 0 Å². The van der Waals surface area contributed by atoms with Crippen molar-refractivity contribution >= 4 is 0 Å². The predicted octanol–water partition coefficient (Wildman–Crippen LogP) is 1.11. The van der Waals surface area contributed by atoms with Crippen LogP contribution < -0.4 is 5.32 Å². The van der Waals surface area contributed by atoms with E-state index in [4.69, 9.17) is 0 Å². The Morgan fingerprint density at radius 2 is 2.28 bits per heavy atom. The third kappa shape index (κ3) is 3.22. The predicted molar refractivity (Wildman–Crippen MR) is 71.6 cm³/mol. The minimum atomic E-state index is -0.625. The molecule has 1 fully saturated rings. The molecule has 2 atom stereocenters. The number of hydrogen-bond acceptors (Lipinski definition) is 4. The molecule has 0 aliphatic carbocycles. The summed E-state index contributed by atoms with van der Waals surface area (Å²) in [5, 5.41) is 23.1. The zero-order valence-corrected chi connectivity index (χ0v) is 11.1. The van der Waals surface area contributed by atoms with Crippen molar-refractivity contribution in [3.05, 3.63) is 29.8 Å². The highest BCUT2D eigenvalue weighted by molar-refractivity contribution is 5.29. The van der Waals surface area contributed by atoms with Crippen LogP contribution in [0.3, 0.4) is 0 Å². The number of benzene rings is 1. The molecule has 2 rings (SSSR count). The molecular formula is C14H22N2O2. The number of likely N-dealkylation sites (tertiary alicyclic amines) is 1. The van der Waals surface area contributed by atoms with Crippen molar-refractivity contribution in [3.63, 3.8) is 0 Å². The molecule has 1 aromatic rings. The maximum absolute atomic E-state index is 10.4. The second kappa shape index (κ2) is 5.26.